The Hall–Kier alpha value is -0.410. The predicted molar refractivity (Wildman–Crippen MR) is 77.2 cm³/mol. The maximum atomic E-state index is 13.2. The molecular formula is C15H21BrFN. The summed E-state index contributed by atoms with van der Waals surface area (Å²) >= 11 is 3.24. The molecule has 1 aromatic rings. The first-order valence-electron chi connectivity index (χ1n) is 6.73. The van der Waals surface area contributed by atoms with Crippen molar-refractivity contribution in [3.63, 3.8) is 0 Å². The SMILES string of the molecule is CC(CNC1CC1)C(C)Cc1ccc(F)c(Br)c1. The van der Waals surface area contributed by atoms with E-state index in [-0.39, 0.29) is 5.82 Å². The third-order valence-corrected chi connectivity index (χ3v) is 4.43. The summed E-state index contributed by atoms with van der Waals surface area (Å²) in [5.74, 6) is 1.07. The molecule has 2 rings (SSSR count). The highest BCUT2D eigenvalue weighted by Crippen LogP contribution is 2.23. The van der Waals surface area contributed by atoms with Gasteiger partial charge in [0.15, 0.2) is 0 Å². The Kier molecular flexibility index (Phi) is 4.79. The van der Waals surface area contributed by atoms with Crippen molar-refractivity contribution >= 4 is 15.9 Å². The summed E-state index contributed by atoms with van der Waals surface area (Å²) in [7, 11) is 0. The first kappa shape index (κ1) is 14.0. The van der Waals surface area contributed by atoms with Gasteiger partial charge in [0.05, 0.1) is 4.47 Å². The van der Waals surface area contributed by atoms with Gasteiger partial charge in [-0.25, -0.2) is 4.39 Å². The van der Waals surface area contributed by atoms with Crippen LogP contribution in [-0.2, 0) is 6.42 Å². The fraction of sp³-hybridized carbons (Fsp3) is 0.600. The Bertz CT molecular complexity index is 403. The average molecular weight is 314 g/mol. The minimum atomic E-state index is -0.185. The van der Waals surface area contributed by atoms with E-state index in [1.807, 2.05) is 12.1 Å². The molecule has 2 atom stereocenters. The van der Waals surface area contributed by atoms with Gasteiger partial charge in [0.1, 0.15) is 5.82 Å². The van der Waals surface area contributed by atoms with Crippen molar-refractivity contribution in [1.82, 2.24) is 5.32 Å². The lowest BCUT2D eigenvalue weighted by atomic mass is 9.89. The number of rotatable bonds is 6. The molecule has 0 aliphatic heterocycles. The van der Waals surface area contributed by atoms with Crippen LogP contribution in [-0.4, -0.2) is 12.6 Å². The van der Waals surface area contributed by atoms with E-state index in [0.717, 1.165) is 19.0 Å². The van der Waals surface area contributed by atoms with Crippen LogP contribution in [0.25, 0.3) is 0 Å². The van der Waals surface area contributed by atoms with Gasteiger partial charge in [-0.2, -0.15) is 0 Å². The molecule has 1 N–H and O–H groups in total. The van der Waals surface area contributed by atoms with Crippen molar-refractivity contribution in [2.45, 2.75) is 39.2 Å². The molecule has 0 spiro atoms. The summed E-state index contributed by atoms with van der Waals surface area (Å²) in [6.07, 6.45) is 3.68. The number of hydrogen-bond donors (Lipinski definition) is 1. The van der Waals surface area contributed by atoms with E-state index >= 15 is 0 Å². The largest absolute Gasteiger partial charge is 0.314 e. The molecule has 1 nitrogen and oxygen atoms in total. The van der Waals surface area contributed by atoms with Crippen molar-refractivity contribution in [1.29, 1.82) is 0 Å². The van der Waals surface area contributed by atoms with Gasteiger partial charge in [0.25, 0.3) is 0 Å². The molecule has 0 heterocycles. The van der Waals surface area contributed by atoms with Crippen molar-refractivity contribution in [2.75, 3.05) is 6.54 Å². The van der Waals surface area contributed by atoms with Crippen LogP contribution in [0, 0.1) is 17.7 Å². The second-order valence-electron chi connectivity index (χ2n) is 5.59. The molecule has 0 radical (unpaired) electrons. The molecule has 1 aliphatic rings. The highest BCUT2D eigenvalue weighted by atomic mass is 79.9. The van der Waals surface area contributed by atoms with Crippen molar-refractivity contribution in [3.8, 4) is 0 Å². The van der Waals surface area contributed by atoms with Gasteiger partial charge >= 0.3 is 0 Å². The van der Waals surface area contributed by atoms with Crippen LogP contribution in [0.5, 0.6) is 0 Å². The lowest BCUT2D eigenvalue weighted by Crippen LogP contribution is -2.27. The van der Waals surface area contributed by atoms with Gasteiger partial charge in [-0.05, 0) is 71.3 Å². The molecule has 0 saturated heterocycles. The van der Waals surface area contributed by atoms with Crippen LogP contribution in [0.3, 0.4) is 0 Å². The Labute approximate surface area is 117 Å². The zero-order chi connectivity index (χ0) is 13.1. The van der Waals surface area contributed by atoms with Gasteiger partial charge in [-0.3, -0.25) is 0 Å². The smallest absolute Gasteiger partial charge is 0.137 e. The molecule has 100 valence electrons. The van der Waals surface area contributed by atoms with E-state index in [2.05, 4.69) is 35.1 Å². The van der Waals surface area contributed by atoms with Crippen LogP contribution in [0.2, 0.25) is 0 Å². The average Bonchev–Trinajstić information content (AvgIpc) is 3.14. The molecule has 0 amide bonds. The molecule has 0 aromatic heterocycles. The summed E-state index contributed by atoms with van der Waals surface area (Å²) in [6.45, 7) is 5.66. The summed E-state index contributed by atoms with van der Waals surface area (Å²) < 4.78 is 13.7. The van der Waals surface area contributed by atoms with Crippen molar-refractivity contribution in [3.05, 3.63) is 34.1 Å². The highest BCUT2D eigenvalue weighted by molar-refractivity contribution is 9.10. The quantitative estimate of drug-likeness (QED) is 0.831. The van der Waals surface area contributed by atoms with Crippen molar-refractivity contribution < 1.29 is 4.39 Å². The fourth-order valence-electron chi connectivity index (χ4n) is 2.08. The predicted octanol–water partition coefficient (Wildman–Crippen LogP) is 4.15. The summed E-state index contributed by atoms with van der Waals surface area (Å²) in [5, 5.41) is 3.57. The molecule has 1 saturated carbocycles. The molecule has 2 unspecified atom stereocenters. The van der Waals surface area contributed by atoms with E-state index < -0.39 is 0 Å². The third-order valence-electron chi connectivity index (χ3n) is 3.82. The Balaban J connectivity index is 1.84. The maximum Gasteiger partial charge on any atom is 0.137 e. The zero-order valence-corrected chi connectivity index (χ0v) is 12.6. The molecular weight excluding hydrogens is 293 g/mol. The Morgan fingerprint density at radius 2 is 2.06 bits per heavy atom. The number of halogens is 2. The number of hydrogen-bond acceptors (Lipinski definition) is 1. The summed E-state index contributed by atoms with van der Waals surface area (Å²) in [5.41, 5.74) is 1.20. The summed E-state index contributed by atoms with van der Waals surface area (Å²) in [4.78, 5) is 0. The fourth-order valence-corrected chi connectivity index (χ4v) is 2.51. The second-order valence-corrected chi connectivity index (χ2v) is 6.44. The van der Waals surface area contributed by atoms with Gasteiger partial charge in [-0.1, -0.05) is 19.9 Å². The second kappa shape index (κ2) is 6.16. The monoisotopic (exact) mass is 313 g/mol. The van der Waals surface area contributed by atoms with E-state index in [4.69, 9.17) is 0 Å². The van der Waals surface area contributed by atoms with Crippen molar-refractivity contribution in [2.24, 2.45) is 11.8 Å². The molecule has 1 aromatic carbocycles. The molecule has 1 aliphatic carbocycles. The zero-order valence-electron chi connectivity index (χ0n) is 11.0. The van der Waals surface area contributed by atoms with Crippen LogP contribution < -0.4 is 5.32 Å². The first-order chi connectivity index (χ1) is 8.56. The number of nitrogens with one attached hydrogen (secondary N) is 1. The van der Waals surface area contributed by atoms with Crippen LogP contribution in [0.15, 0.2) is 22.7 Å². The van der Waals surface area contributed by atoms with Gasteiger partial charge in [0, 0.05) is 6.04 Å². The number of benzene rings is 1. The molecule has 1 fully saturated rings. The third kappa shape index (κ3) is 4.06. The van der Waals surface area contributed by atoms with E-state index in [0.29, 0.717) is 16.3 Å². The van der Waals surface area contributed by atoms with Crippen LogP contribution >= 0.6 is 15.9 Å². The lowest BCUT2D eigenvalue weighted by Gasteiger charge is -2.20. The maximum absolute atomic E-state index is 13.2. The molecule has 3 heteroatoms. The Morgan fingerprint density at radius 3 is 2.67 bits per heavy atom. The normalized spacial score (nSPS) is 18.7. The van der Waals surface area contributed by atoms with Gasteiger partial charge < -0.3 is 5.32 Å². The van der Waals surface area contributed by atoms with Crippen LogP contribution in [0.1, 0.15) is 32.3 Å². The first-order valence-corrected chi connectivity index (χ1v) is 7.53. The standard InChI is InChI=1S/C15H21BrFN/c1-10(11(2)9-18-13-4-5-13)7-12-3-6-15(17)14(16)8-12/h3,6,8,10-11,13,18H,4-5,7,9H2,1-2H3. The van der Waals surface area contributed by atoms with Gasteiger partial charge in [-0.15, -0.1) is 0 Å². The van der Waals surface area contributed by atoms with Crippen LogP contribution in [0.4, 0.5) is 4.39 Å². The summed E-state index contributed by atoms with van der Waals surface area (Å²) in [6, 6.07) is 6.10. The minimum absolute atomic E-state index is 0.185. The highest BCUT2D eigenvalue weighted by Gasteiger charge is 2.22. The molecule has 0 bridgehead atoms. The minimum Gasteiger partial charge on any atom is -0.314 e. The molecule has 18 heavy (non-hydrogen) atoms. The Morgan fingerprint density at radius 1 is 1.33 bits per heavy atom. The lowest BCUT2D eigenvalue weighted by molar-refractivity contribution is 0.364. The topological polar surface area (TPSA) is 12.0 Å². The van der Waals surface area contributed by atoms with E-state index in [1.54, 1.807) is 6.07 Å². The van der Waals surface area contributed by atoms with Gasteiger partial charge in [0.2, 0.25) is 0 Å². The van der Waals surface area contributed by atoms with E-state index in [9.17, 15) is 4.39 Å². The van der Waals surface area contributed by atoms with E-state index in [1.165, 1.54) is 18.4 Å².